The molecule has 0 bridgehead atoms. The second-order valence-electron chi connectivity index (χ2n) is 5.67. The zero-order valence-corrected chi connectivity index (χ0v) is 14.7. The minimum atomic E-state index is -3.58. The van der Waals surface area contributed by atoms with Gasteiger partial charge in [0.1, 0.15) is 5.75 Å². The highest BCUT2D eigenvalue weighted by Gasteiger charge is 2.18. The van der Waals surface area contributed by atoms with Crippen LogP contribution in [0.15, 0.2) is 24.3 Å². The lowest BCUT2D eigenvalue weighted by atomic mass is 10.1. The number of hydrogen-bond acceptors (Lipinski definition) is 4. The topological polar surface area (TPSA) is 63.7 Å². The summed E-state index contributed by atoms with van der Waals surface area (Å²) in [6, 6.07) is 6.95. The molecule has 1 atom stereocenters. The quantitative estimate of drug-likeness (QED) is 0.722. The van der Waals surface area contributed by atoms with Crippen LogP contribution in [0.25, 0.3) is 0 Å². The van der Waals surface area contributed by atoms with Crippen LogP contribution >= 0.6 is 0 Å². The smallest absolute Gasteiger partial charge is 0.311 e. The van der Waals surface area contributed by atoms with E-state index >= 15 is 0 Å². The van der Waals surface area contributed by atoms with E-state index in [0.29, 0.717) is 6.54 Å². The van der Waals surface area contributed by atoms with Crippen LogP contribution in [-0.4, -0.2) is 30.5 Å². The fraction of sp³-hybridized carbons (Fsp3) is 0.562. The van der Waals surface area contributed by atoms with E-state index in [2.05, 4.69) is 0 Å². The number of amides is 1. The van der Waals surface area contributed by atoms with Crippen LogP contribution in [0.3, 0.4) is 0 Å². The van der Waals surface area contributed by atoms with Crippen LogP contribution in [0.2, 0.25) is 0 Å². The van der Waals surface area contributed by atoms with Crippen molar-refractivity contribution in [3.63, 3.8) is 0 Å². The van der Waals surface area contributed by atoms with Crippen LogP contribution in [0.4, 0.5) is 0 Å². The number of carbonyl (C=O) groups is 1. The molecule has 1 amide bonds. The summed E-state index contributed by atoms with van der Waals surface area (Å²) in [6.07, 6.45) is 0.882. The Hall–Kier alpha value is -1.56. The molecular weight excluding hydrogens is 302 g/mol. The predicted octanol–water partition coefficient (Wildman–Crippen LogP) is 2.95. The first-order valence-electron chi connectivity index (χ1n) is 7.46. The van der Waals surface area contributed by atoms with Crippen molar-refractivity contribution in [1.29, 1.82) is 0 Å². The third-order valence-corrected chi connectivity index (χ3v) is 5.17. The number of carbonyl (C=O) groups excluding carboxylic acids is 1. The lowest BCUT2D eigenvalue weighted by molar-refractivity contribution is -0.131. The molecule has 0 aromatic heterocycles. The van der Waals surface area contributed by atoms with Crippen LogP contribution in [0.5, 0.6) is 5.75 Å². The number of nitrogens with zero attached hydrogens (tertiary/aromatic N) is 1. The molecule has 1 rings (SSSR count). The highest BCUT2D eigenvalue weighted by molar-refractivity contribution is 7.87. The van der Waals surface area contributed by atoms with Gasteiger partial charge >= 0.3 is 10.1 Å². The molecule has 0 N–H and O–H groups in total. The molecule has 0 aliphatic heterocycles. The van der Waals surface area contributed by atoms with Crippen molar-refractivity contribution in [2.75, 3.05) is 0 Å². The van der Waals surface area contributed by atoms with E-state index in [1.54, 1.807) is 49.9 Å². The van der Waals surface area contributed by atoms with Crippen molar-refractivity contribution < 1.29 is 17.4 Å². The van der Waals surface area contributed by atoms with E-state index in [1.807, 2.05) is 13.8 Å². The maximum atomic E-state index is 11.7. The molecule has 1 unspecified atom stereocenters. The monoisotopic (exact) mass is 327 g/mol. The second kappa shape index (κ2) is 7.63. The van der Waals surface area contributed by atoms with Gasteiger partial charge in [0.15, 0.2) is 0 Å². The van der Waals surface area contributed by atoms with Gasteiger partial charge in [0.05, 0.1) is 5.25 Å². The van der Waals surface area contributed by atoms with Crippen molar-refractivity contribution in [2.24, 2.45) is 0 Å². The van der Waals surface area contributed by atoms with Gasteiger partial charge in [-0.1, -0.05) is 19.1 Å². The molecule has 0 heterocycles. The summed E-state index contributed by atoms with van der Waals surface area (Å²) >= 11 is 0. The lowest BCUT2D eigenvalue weighted by Gasteiger charge is -2.27. The first-order valence-corrected chi connectivity index (χ1v) is 8.94. The van der Waals surface area contributed by atoms with Gasteiger partial charge in [0, 0.05) is 19.5 Å². The van der Waals surface area contributed by atoms with Crippen molar-refractivity contribution in [3.05, 3.63) is 29.8 Å². The standard InChI is InChI=1S/C16H25NO4S/c1-6-13(4)17(14(5)18)11-15-7-9-16(10-8-15)21-22(19,20)12(2)3/h7-10,12-13H,6,11H2,1-5H3. The Morgan fingerprint density at radius 2 is 1.73 bits per heavy atom. The average Bonchev–Trinajstić information content (AvgIpc) is 2.44. The molecule has 6 heteroatoms. The SMILES string of the molecule is CCC(C)N(Cc1ccc(OS(=O)(=O)C(C)C)cc1)C(C)=O. The minimum Gasteiger partial charge on any atom is -0.382 e. The van der Waals surface area contributed by atoms with E-state index < -0.39 is 15.4 Å². The number of benzene rings is 1. The fourth-order valence-electron chi connectivity index (χ4n) is 1.88. The molecule has 0 aliphatic rings. The number of hydrogen-bond donors (Lipinski definition) is 0. The molecular formula is C16H25NO4S. The van der Waals surface area contributed by atoms with Gasteiger partial charge in [0.2, 0.25) is 5.91 Å². The summed E-state index contributed by atoms with van der Waals surface area (Å²) in [5.41, 5.74) is 0.935. The Morgan fingerprint density at radius 1 is 1.18 bits per heavy atom. The van der Waals surface area contributed by atoms with E-state index in [4.69, 9.17) is 4.18 Å². The molecule has 22 heavy (non-hydrogen) atoms. The zero-order chi connectivity index (χ0) is 16.9. The zero-order valence-electron chi connectivity index (χ0n) is 13.9. The molecule has 0 fully saturated rings. The van der Waals surface area contributed by atoms with Gasteiger partial charge in [-0.3, -0.25) is 4.79 Å². The Bertz CT molecular complexity index is 593. The molecule has 1 aromatic carbocycles. The normalized spacial score (nSPS) is 13.0. The second-order valence-corrected chi connectivity index (χ2v) is 7.77. The number of rotatable bonds is 7. The van der Waals surface area contributed by atoms with Crippen molar-refractivity contribution in [1.82, 2.24) is 4.90 Å². The van der Waals surface area contributed by atoms with E-state index in [0.717, 1.165) is 12.0 Å². The van der Waals surface area contributed by atoms with E-state index in [1.165, 1.54) is 0 Å². The molecule has 0 saturated carbocycles. The predicted molar refractivity (Wildman–Crippen MR) is 87.1 cm³/mol. The van der Waals surface area contributed by atoms with E-state index in [-0.39, 0.29) is 17.7 Å². The Balaban J connectivity index is 2.82. The van der Waals surface area contributed by atoms with Crippen LogP contribution in [-0.2, 0) is 21.5 Å². The Kier molecular flexibility index (Phi) is 6.41. The highest BCUT2D eigenvalue weighted by atomic mass is 32.2. The van der Waals surface area contributed by atoms with Crippen molar-refractivity contribution in [3.8, 4) is 5.75 Å². The summed E-state index contributed by atoms with van der Waals surface area (Å²) in [6.45, 7) is 9.24. The van der Waals surface area contributed by atoms with Crippen LogP contribution in [0.1, 0.15) is 46.6 Å². The first kappa shape index (κ1) is 18.5. The molecule has 0 spiro atoms. The van der Waals surface area contributed by atoms with Gasteiger partial charge in [-0.25, -0.2) is 0 Å². The molecule has 0 radical (unpaired) electrons. The molecule has 1 aromatic rings. The minimum absolute atomic E-state index is 0.0251. The summed E-state index contributed by atoms with van der Waals surface area (Å²) in [5.74, 6) is 0.312. The summed E-state index contributed by atoms with van der Waals surface area (Å²) in [5, 5.41) is -0.592. The Labute approximate surface area is 133 Å². The highest BCUT2D eigenvalue weighted by Crippen LogP contribution is 2.18. The van der Waals surface area contributed by atoms with Gasteiger partial charge in [-0.05, 0) is 44.9 Å². The fourth-order valence-corrected chi connectivity index (χ4v) is 2.45. The molecule has 0 aliphatic carbocycles. The summed E-state index contributed by atoms with van der Waals surface area (Å²) in [4.78, 5) is 13.5. The van der Waals surface area contributed by atoms with Crippen LogP contribution < -0.4 is 4.18 Å². The van der Waals surface area contributed by atoms with Crippen LogP contribution in [0, 0.1) is 0 Å². The maximum Gasteiger partial charge on any atom is 0.311 e. The third kappa shape index (κ3) is 5.02. The van der Waals surface area contributed by atoms with Gasteiger partial charge in [-0.15, -0.1) is 0 Å². The average molecular weight is 327 g/mol. The molecule has 5 nitrogen and oxygen atoms in total. The lowest BCUT2D eigenvalue weighted by Crippen LogP contribution is -2.36. The Morgan fingerprint density at radius 3 is 2.14 bits per heavy atom. The summed E-state index contributed by atoms with van der Waals surface area (Å²) < 4.78 is 28.4. The van der Waals surface area contributed by atoms with Gasteiger partial charge in [0.25, 0.3) is 0 Å². The molecule has 0 saturated heterocycles. The third-order valence-electron chi connectivity index (χ3n) is 3.59. The molecule has 124 valence electrons. The van der Waals surface area contributed by atoms with Crippen molar-refractivity contribution >= 4 is 16.0 Å². The first-order chi connectivity index (χ1) is 10.2. The summed E-state index contributed by atoms with van der Waals surface area (Å²) in [7, 11) is -3.58. The van der Waals surface area contributed by atoms with Gasteiger partial charge < -0.3 is 9.08 Å². The largest absolute Gasteiger partial charge is 0.382 e. The van der Waals surface area contributed by atoms with Crippen molar-refractivity contribution in [2.45, 2.75) is 58.9 Å². The van der Waals surface area contributed by atoms with Gasteiger partial charge in [-0.2, -0.15) is 8.42 Å². The maximum absolute atomic E-state index is 11.7. The van der Waals surface area contributed by atoms with E-state index in [9.17, 15) is 13.2 Å².